The number of nitrogens with one attached hydrogen (secondary N) is 1. The first-order chi connectivity index (χ1) is 14.0. The Morgan fingerprint density at radius 3 is 2.43 bits per heavy atom. The second-order valence-electron chi connectivity index (χ2n) is 6.04. The van der Waals surface area contributed by atoms with Gasteiger partial charge in [-0.3, -0.25) is 9.59 Å². The number of anilines is 1. The molecule has 30 heavy (non-hydrogen) atoms. The molecule has 0 aliphatic rings. The molecule has 1 heterocycles. The van der Waals surface area contributed by atoms with E-state index in [2.05, 4.69) is 10.1 Å². The first-order valence-electron chi connectivity index (χ1n) is 8.82. The van der Waals surface area contributed by atoms with E-state index in [1.165, 1.54) is 16.4 Å². The number of hydrogen-bond donors (Lipinski definition) is 1. The van der Waals surface area contributed by atoms with Gasteiger partial charge in [0.1, 0.15) is 12.3 Å². The molecule has 2 aromatic rings. The van der Waals surface area contributed by atoms with Crippen molar-refractivity contribution in [1.82, 2.24) is 8.87 Å². The minimum Gasteiger partial charge on any atom is -0.406 e. The van der Waals surface area contributed by atoms with Gasteiger partial charge in [0, 0.05) is 37.1 Å². The van der Waals surface area contributed by atoms with Crippen LogP contribution in [0.1, 0.15) is 13.8 Å². The summed E-state index contributed by atoms with van der Waals surface area (Å²) in [6, 6.07) is 6.81. The highest BCUT2D eigenvalue weighted by Gasteiger charge is 2.31. The summed E-state index contributed by atoms with van der Waals surface area (Å²) < 4.78 is 68.0. The van der Waals surface area contributed by atoms with Gasteiger partial charge in [0.2, 0.25) is 15.9 Å². The SMILES string of the molecule is CCN(CC)S(=O)(=O)c1ccc(=O)n(CC(=O)Nc2cccc(OC(F)(F)F)c2)c1. The Kier molecular flexibility index (Phi) is 7.26. The predicted octanol–water partition coefficient (Wildman–Crippen LogP) is 2.42. The molecule has 8 nitrogen and oxygen atoms in total. The Balaban J connectivity index is 2.20. The lowest BCUT2D eigenvalue weighted by Gasteiger charge is -2.19. The number of sulfonamides is 1. The molecule has 0 aliphatic heterocycles. The van der Waals surface area contributed by atoms with Gasteiger partial charge in [-0.25, -0.2) is 8.42 Å². The largest absolute Gasteiger partial charge is 0.573 e. The molecule has 0 saturated carbocycles. The van der Waals surface area contributed by atoms with Crippen LogP contribution in [0.2, 0.25) is 0 Å². The van der Waals surface area contributed by atoms with Crippen LogP contribution in [-0.4, -0.2) is 42.6 Å². The summed E-state index contributed by atoms with van der Waals surface area (Å²) >= 11 is 0. The van der Waals surface area contributed by atoms with Gasteiger partial charge in [-0.15, -0.1) is 13.2 Å². The fraction of sp³-hybridized carbons (Fsp3) is 0.333. The van der Waals surface area contributed by atoms with Crippen molar-refractivity contribution < 1.29 is 31.1 Å². The van der Waals surface area contributed by atoms with Crippen molar-refractivity contribution in [2.24, 2.45) is 0 Å². The van der Waals surface area contributed by atoms with Crippen LogP contribution in [0, 0.1) is 0 Å². The lowest BCUT2D eigenvalue weighted by atomic mass is 10.3. The highest BCUT2D eigenvalue weighted by molar-refractivity contribution is 7.89. The third-order valence-corrected chi connectivity index (χ3v) is 6.00. The van der Waals surface area contributed by atoms with Gasteiger partial charge in [-0.1, -0.05) is 19.9 Å². The molecular formula is C18H20F3N3O5S. The van der Waals surface area contributed by atoms with E-state index in [0.29, 0.717) is 0 Å². The lowest BCUT2D eigenvalue weighted by Crippen LogP contribution is -2.33. The van der Waals surface area contributed by atoms with Crippen LogP contribution in [-0.2, 0) is 21.4 Å². The van der Waals surface area contributed by atoms with Gasteiger partial charge in [0.05, 0.1) is 4.90 Å². The van der Waals surface area contributed by atoms with E-state index >= 15 is 0 Å². The summed E-state index contributed by atoms with van der Waals surface area (Å²) in [7, 11) is -3.84. The molecule has 12 heteroatoms. The number of halogens is 3. The summed E-state index contributed by atoms with van der Waals surface area (Å²) in [5.41, 5.74) is -0.598. The van der Waals surface area contributed by atoms with Crippen molar-refractivity contribution in [1.29, 1.82) is 0 Å². The molecule has 1 N–H and O–H groups in total. The van der Waals surface area contributed by atoms with E-state index < -0.39 is 40.1 Å². The standard InChI is InChI=1S/C18H20F3N3O5S/c1-3-24(4-2)30(27,28)15-8-9-17(26)23(11-15)12-16(25)22-13-6-5-7-14(10-13)29-18(19,20)21/h5-11H,3-4,12H2,1-2H3,(H,22,25). The second kappa shape index (κ2) is 9.30. The summed E-state index contributed by atoms with van der Waals surface area (Å²) in [4.78, 5) is 24.1. The van der Waals surface area contributed by atoms with E-state index in [1.54, 1.807) is 13.8 Å². The molecule has 1 aromatic carbocycles. The number of hydrogen-bond acceptors (Lipinski definition) is 5. The number of nitrogens with zero attached hydrogens (tertiary/aromatic N) is 2. The minimum atomic E-state index is -4.88. The first-order valence-corrected chi connectivity index (χ1v) is 10.3. The zero-order valence-electron chi connectivity index (χ0n) is 16.1. The molecule has 2 rings (SSSR count). The van der Waals surface area contributed by atoms with Crippen LogP contribution in [0.25, 0.3) is 0 Å². The summed E-state index contributed by atoms with van der Waals surface area (Å²) in [5.74, 6) is -1.26. The van der Waals surface area contributed by atoms with E-state index in [9.17, 15) is 31.2 Å². The number of carbonyl (C=O) groups excluding carboxylic acids is 1. The third kappa shape index (κ3) is 6.07. The summed E-state index contributed by atoms with van der Waals surface area (Å²) in [5, 5.41) is 2.34. The number of alkyl halides is 3. The molecule has 0 spiro atoms. The van der Waals surface area contributed by atoms with Crippen LogP contribution in [0.3, 0.4) is 0 Å². The van der Waals surface area contributed by atoms with Crippen molar-refractivity contribution in [3.63, 3.8) is 0 Å². The average molecular weight is 447 g/mol. The number of amides is 1. The first kappa shape index (κ1) is 23.4. The van der Waals surface area contributed by atoms with Crippen LogP contribution < -0.4 is 15.6 Å². The normalized spacial score (nSPS) is 12.1. The van der Waals surface area contributed by atoms with Crippen LogP contribution in [0.5, 0.6) is 5.75 Å². The second-order valence-corrected chi connectivity index (χ2v) is 7.98. The van der Waals surface area contributed by atoms with Crippen LogP contribution in [0.15, 0.2) is 52.3 Å². The number of rotatable bonds is 8. The Morgan fingerprint density at radius 2 is 1.83 bits per heavy atom. The highest BCUT2D eigenvalue weighted by atomic mass is 32.2. The molecule has 1 amide bonds. The monoisotopic (exact) mass is 447 g/mol. The van der Waals surface area contributed by atoms with Crippen LogP contribution in [0.4, 0.5) is 18.9 Å². The zero-order chi connectivity index (χ0) is 22.5. The Hall–Kier alpha value is -2.86. The van der Waals surface area contributed by atoms with Gasteiger partial charge in [-0.05, 0) is 18.2 Å². The van der Waals surface area contributed by atoms with Crippen LogP contribution >= 0.6 is 0 Å². The number of aromatic nitrogens is 1. The lowest BCUT2D eigenvalue weighted by molar-refractivity contribution is -0.274. The Bertz CT molecular complexity index is 1060. The fourth-order valence-corrected chi connectivity index (χ4v) is 4.10. The van der Waals surface area contributed by atoms with Crippen molar-refractivity contribution >= 4 is 21.6 Å². The summed E-state index contributed by atoms with van der Waals surface area (Å²) in [6.45, 7) is 3.26. The average Bonchev–Trinajstić information content (AvgIpc) is 2.63. The van der Waals surface area contributed by atoms with Gasteiger partial charge in [0.25, 0.3) is 5.56 Å². The van der Waals surface area contributed by atoms with Crippen molar-refractivity contribution in [3.8, 4) is 5.75 Å². The highest BCUT2D eigenvalue weighted by Crippen LogP contribution is 2.25. The van der Waals surface area contributed by atoms with E-state index in [4.69, 9.17) is 0 Å². The fourth-order valence-electron chi connectivity index (χ4n) is 2.62. The molecule has 0 bridgehead atoms. The van der Waals surface area contributed by atoms with E-state index in [-0.39, 0.29) is 23.7 Å². The molecular weight excluding hydrogens is 427 g/mol. The quantitative estimate of drug-likeness (QED) is 0.670. The molecule has 0 unspecified atom stereocenters. The molecule has 0 fully saturated rings. The third-order valence-electron chi connectivity index (χ3n) is 3.96. The maximum Gasteiger partial charge on any atom is 0.573 e. The number of ether oxygens (including phenoxy) is 1. The van der Waals surface area contributed by atoms with Gasteiger partial charge < -0.3 is 14.6 Å². The smallest absolute Gasteiger partial charge is 0.406 e. The van der Waals surface area contributed by atoms with Gasteiger partial charge in [0.15, 0.2) is 0 Å². The minimum absolute atomic E-state index is 0.0155. The molecule has 164 valence electrons. The Morgan fingerprint density at radius 1 is 1.17 bits per heavy atom. The van der Waals surface area contributed by atoms with Gasteiger partial charge in [-0.2, -0.15) is 4.31 Å². The number of carbonyl (C=O) groups is 1. The molecule has 0 saturated heterocycles. The van der Waals surface area contributed by atoms with Crippen molar-refractivity contribution in [2.45, 2.75) is 31.7 Å². The van der Waals surface area contributed by atoms with Gasteiger partial charge >= 0.3 is 6.36 Å². The maximum absolute atomic E-state index is 12.6. The number of benzene rings is 1. The molecule has 0 aliphatic carbocycles. The molecule has 0 atom stereocenters. The van der Waals surface area contributed by atoms with Crippen molar-refractivity contribution in [3.05, 3.63) is 52.9 Å². The predicted molar refractivity (Wildman–Crippen MR) is 103 cm³/mol. The molecule has 0 radical (unpaired) electrons. The molecule has 1 aromatic heterocycles. The topological polar surface area (TPSA) is 97.7 Å². The number of pyridine rings is 1. The van der Waals surface area contributed by atoms with E-state index in [0.717, 1.165) is 35.0 Å². The van der Waals surface area contributed by atoms with Crippen molar-refractivity contribution in [2.75, 3.05) is 18.4 Å². The maximum atomic E-state index is 12.6. The zero-order valence-corrected chi connectivity index (χ0v) is 17.0. The Labute approximate surface area is 170 Å². The van der Waals surface area contributed by atoms with E-state index in [1.807, 2.05) is 0 Å². The summed E-state index contributed by atoms with van der Waals surface area (Å²) in [6.07, 6.45) is -3.83.